The number of aromatic nitrogens is 1. The molecule has 0 aliphatic heterocycles. The van der Waals surface area contributed by atoms with E-state index in [1.165, 1.54) is 12.3 Å². The van der Waals surface area contributed by atoms with Gasteiger partial charge in [-0.05, 0) is 36.4 Å². The van der Waals surface area contributed by atoms with Crippen LogP contribution in [0.4, 0.5) is 0 Å². The summed E-state index contributed by atoms with van der Waals surface area (Å²) >= 11 is 0. The van der Waals surface area contributed by atoms with Gasteiger partial charge in [0, 0.05) is 18.9 Å². The third kappa shape index (κ3) is 2.07. The summed E-state index contributed by atoms with van der Waals surface area (Å²) in [5, 5.41) is 0. The van der Waals surface area contributed by atoms with Crippen LogP contribution in [0.5, 0.6) is 0 Å². The van der Waals surface area contributed by atoms with E-state index in [0.717, 1.165) is 5.69 Å². The summed E-state index contributed by atoms with van der Waals surface area (Å²) < 4.78 is 6.92. The highest BCUT2D eigenvalue weighted by Gasteiger charge is 2.03. The first kappa shape index (κ1) is 9.52. The standard InChI is InChI=1S/C12H11NO2/c1-13-8-2-4-10(13)6-7-11(14)12-5-3-9-15-12/h2-9H,1H3. The molecule has 0 amide bonds. The fourth-order valence-corrected chi connectivity index (χ4v) is 1.31. The Labute approximate surface area is 87.6 Å². The molecule has 0 radical (unpaired) electrons. The van der Waals surface area contributed by atoms with Crippen LogP contribution in [0.15, 0.2) is 47.2 Å². The molecular formula is C12H11NO2. The minimum absolute atomic E-state index is 0.124. The maximum atomic E-state index is 11.5. The monoisotopic (exact) mass is 201 g/mol. The maximum absolute atomic E-state index is 11.5. The maximum Gasteiger partial charge on any atom is 0.221 e. The van der Waals surface area contributed by atoms with Crippen LogP contribution in [0.3, 0.4) is 0 Å². The van der Waals surface area contributed by atoms with Gasteiger partial charge in [-0.15, -0.1) is 0 Å². The molecule has 76 valence electrons. The smallest absolute Gasteiger partial charge is 0.221 e. The summed E-state index contributed by atoms with van der Waals surface area (Å²) in [6, 6.07) is 7.21. The summed E-state index contributed by atoms with van der Waals surface area (Å²) in [6.45, 7) is 0. The van der Waals surface area contributed by atoms with Gasteiger partial charge in [0.15, 0.2) is 5.76 Å². The lowest BCUT2D eigenvalue weighted by atomic mass is 10.2. The fourth-order valence-electron chi connectivity index (χ4n) is 1.31. The number of rotatable bonds is 3. The number of aryl methyl sites for hydroxylation is 1. The quantitative estimate of drug-likeness (QED) is 0.565. The number of hydrogen-bond donors (Lipinski definition) is 0. The van der Waals surface area contributed by atoms with Crippen molar-refractivity contribution in [3.8, 4) is 0 Å². The molecule has 2 heterocycles. The van der Waals surface area contributed by atoms with E-state index in [2.05, 4.69) is 0 Å². The van der Waals surface area contributed by atoms with Gasteiger partial charge in [0.1, 0.15) is 0 Å². The Hall–Kier alpha value is -2.03. The minimum atomic E-state index is -0.124. The van der Waals surface area contributed by atoms with Crippen LogP contribution in [-0.2, 0) is 7.05 Å². The number of ketones is 1. The van der Waals surface area contributed by atoms with Gasteiger partial charge in [-0.3, -0.25) is 4.79 Å². The molecule has 15 heavy (non-hydrogen) atoms. The summed E-state index contributed by atoms with van der Waals surface area (Å²) in [5.41, 5.74) is 0.981. The summed E-state index contributed by atoms with van der Waals surface area (Å²) in [5.74, 6) is 0.238. The average molecular weight is 201 g/mol. The highest BCUT2D eigenvalue weighted by atomic mass is 16.3. The topological polar surface area (TPSA) is 35.1 Å². The minimum Gasteiger partial charge on any atom is -0.461 e. The molecule has 3 heteroatoms. The molecule has 0 aromatic carbocycles. The van der Waals surface area contributed by atoms with E-state index >= 15 is 0 Å². The van der Waals surface area contributed by atoms with Crippen LogP contribution >= 0.6 is 0 Å². The molecule has 0 fully saturated rings. The molecule has 2 rings (SSSR count). The van der Waals surface area contributed by atoms with Crippen molar-refractivity contribution in [2.24, 2.45) is 7.05 Å². The van der Waals surface area contributed by atoms with Crippen molar-refractivity contribution in [1.29, 1.82) is 0 Å². The third-order valence-corrected chi connectivity index (χ3v) is 2.15. The Balaban J connectivity index is 2.13. The SMILES string of the molecule is Cn1cccc1C=CC(=O)c1ccco1. The number of hydrogen-bond acceptors (Lipinski definition) is 2. The van der Waals surface area contributed by atoms with Gasteiger partial charge in [0.2, 0.25) is 5.78 Å². The molecule has 0 unspecified atom stereocenters. The number of carbonyl (C=O) groups excluding carboxylic acids is 1. The van der Waals surface area contributed by atoms with E-state index in [-0.39, 0.29) is 5.78 Å². The van der Waals surface area contributed by atoms with Crippen LogP contribution in [0.25, 0.3) is 6.08 Å². The second-order valence-corrected chi connectivity index (χ2v) is 3.22. The van der Waals surface area contributed by atoms with Gasteiger partial charge >= 0.3 is 0 Å². The van der Waals surface area contributed by atoms with Crippen LogP contribution in [0.2, 0.25) is 0 Å². The molecule has 0 N–H and O–H groups in total. The zero-order valence-electron chi connectivity index (χ0n) is 8.38. The third-order valence-electron chi connectivity index (χ3n) is 2.15. The molecule has 0 bridgehead atoms. The van der Waals surface area contributed by atoms with Crippen molar-refractivity contribution < 1.29 is 9.21 Å². The van der Waals surface area contributed by atoms with E-state index in [0.29, 0.717) is 5.76 Å². The molecule has 0 aliphatic carbocycles. The first-order valence-corrected chi connectivity index (χ1v) is 4.64. The summed E-state index contributed by atoms with van der Waals surface area (Å²) in [6.07, 6.45) is 6.69. The van der Waals surface area contributed by atoms with Crippen molar-refractivity contribution in [3.05, 3.63) is 54.3 Å². The zero-order chi connectivity index (χ0) is 10.7. The molecule has 0 saturated heterocycles. The van der Waals surface area contributed by atoms with Gasteiger partial charge in [0.25, 0.3) is 0 Å². The van der Waals surface area contributed by atoms with Crippen molar-refractivity contribution in [1.82, 2.24) is 4.57 Å². The highest BCUT2D eigenvalue weighted by molar-refractivity contribution is 6.04. The predicted octanol–water partition coefficient (Wildman–Crippen LogP) is 2.51. The summed E-state index contributed by atoms with van der Waals surface area (Å²) in [7, 11) is 1.93. The van der Waals surface area contributed by atoms with Crippen LogP contribution in [0, 0.1) is 0 Å². The Morgan fingerprint density at radius 2 is 2.27 bits per heavy atom. The molecule has 2 aromatic rings. The van der Waals surface area contributed by atoms with Gasteiger partial charge < -0.3 is 8.98 Å². The summed E-state index contributed by atoms with van der Waals surface area (Å²) in [4.78, 5) is 11.5. The zero-order valence-corrected chi connectivity index (χ0v) is 8.38. The van der Waals surface area contributed by atoms with Crippen molar-refractivity contribution in [2.45, 2.75) is 0 Å². The van der Waals surface area contributed by atoms with Gasteiger partial charge in [-0.2, -0.15) is 0 Å². The highest BCUT2D eigenvalue weighted by Crippen LogP contribution is 2.06. The van der Waals surface area contributed by atoms with E-state index < -0.39 is 0 Å². The van der Waals surface area contributed by atoms with Crippen LogP contribution in [0.1, 0.15) is 16.2 Å². The van der Waals surface area contributed by atoms with E-state index in [1.54, 1.807) is 18.2 Å². The Kier molecular flexibility index (Phi) is 2.54. The number of furan rings is 1. The molecular weight excluding hydrogens is 190 g/mol. The second-order valence-electron chi connectivity index (χ2n) is 3.22. The number of carbonyl (C=O) groups is 1. The van der Waals surface area contributed by atoms with Crippen molar-refractivity contribution >= 4 is 11.9 Å². The van der Waals surface area contributed by atoms with Gasteiger partial charge in [-0.1, -0.05) is 0 Å². The molecule has 0 aliphatic rings. The first-order valence-electron chi connectivity index (χ1n) is 4.64. The lowest BCUT2D eigenvalue weighted by molar-refractivity contribution is 0.102. The number of allylic oxidation sites excluding steroid dienone is 1. The van der Waals surface area contributed by atoms with Crippen LogP contribution in [-0.4, -0.2) is 10.4 Å². The van der Waals surface area contributed by atoms with E-state index in [1.807, 2.05) is 29.9 Å². The van der Waals surface area contributed by atoms with Crippen LogP contribution < -0.4 is 0 Å². The number of nitrogens with zero attached hydrogens (tertiary/aromatic N) is 1. The average Bonchev–Trinajstić information content (AvgIpc) is 2.85. The van der Waals surface area contributed by atoms with Crippen molar-refractivity contribution in [2.75, 3.05) is 0 Å². The fraction of sp³-hybridized carbons (Fsp3) is 0.0833. The Bertz CT molecular complexity index is 477. The van der Waals surface area contributed by atoms with E-state index in [9.17, 15) is 4.79 Å². The van der Waals surface area contributed by atoms with Gasteiger partial charge in [-0.25, -0.2) is 0 Å². The Morgan fingerprint density at radius 3 is 2.87 bits per heavy atom. The van der Waals surface area contributed by atoms with E-state index in [4.69, 9.17) is 4.42 Å². The predicted molar refractivity (Wildman–Crippen MR) is 57.5 cm³/mol. The molecule has 0 spiro atoms. The van der Waals surface area contributed by atoms with Crippen molar-refractivity contribution in [3.63, 3.8) is 0 Å². The van der Waals surface area contributed by atoms with Gasteiger partial charge in [0.05, 0.1) is 6.26 Å². The largest absolute Gasteiger partial charge is 0.461 e. The second kappa shape index (κ2) is 4.00. The first-order chi connectivity index (χ1) is 7.27. The lowest BCUT2D eigenvalue weighted by Gasteiger charge is -1.94. The molecule has 2 aromatic heterocycles. The Morgan fingerprint density at radius 1 is 1.40 bits per heavy atom. The lowest BCUT2D eigenvalue weighted by Crippen LogP contribution is -1.92. The molecule has 3 nitrogen and oxygen atoms in total. The molecule has 0 atom stereocenters. The normalized spacial score (nSPS) is 11.0. The molecule has 0 saturated carbocycles.